The highest BCUT2D eigenvalue weighted by Crippen LogP contribution is 2.11. The molecule has 3 heteroatoms. The normalized spacial score (nSPS) is 10.9. The van der Waals surface area contributed by atoms with Crippen molar-refractivity contribution in [3.05, 3.63) is 0 Å². The third-order valence-electron chi connectivity index (χ3n) is 4.90. The lowest BCUT2D eigenvalue weighted by Gasteiger charge is -2.22. The second-order valence-corrected chi connectivity index (χ2v) is 7.32. The molecular weight excluding hydrogens is 294 g/mol. The van der Waals surface area contributed by atoms with E-state index in [1.165, 1.54) is 103 Å². The second-order valence-electron chi connectivity index (χ2n) is 7.32. The summed E-state index contributed by atoms with van der Waals surface area (Å²) in [6, 6.07) is 0. The number of nitrogens with zero attached hydrogens (tertiary/aromatic N) is 1. The largest absolute Gasteiger partial charge is 0.370 e. The third-order valence-corrected chi connectivity index (χ3v) is 4.90. The van der Waals surface area contributed by atoms with E-state index in [1.807, 2.05) is 0 Å². The average molecular weight is 340 g/mol. The Hall–Kier alpha value is -0.730. The Morgan fingerprint density at radius 3 is 1.17 bits per heavy atom. The van der Waals surface area contributed by atoms with Crippen molar-refractivity contribution in [3.63, 3.8) is 0 Å². The molecule has 0 amide bonds. The van der Waals surface area contributed by atoms with Crippen molar-refractivity contribution >= 4 is 5.96 Å². The fourth-order valence-corrected chi connectivity index (χ4v) is 3.23. The second kappa shape index (κ2) is 18.6. The van der Waals surface area contributed by atoms with E-state index in [2.05, 4.69) is 18.7 Å². The Labute approximate surface area is 152 Å². The predicted molar refractivity (Wildman–Crippen MR) is 109 cm³/mol. The molecule has 0 aliphatic heterocycles. The molecule has 0 spiro atoms. The number of nitrogens with two attached hydrogens (primary N) is 1. The molecule has 0 aliphatic carbocycles. The summed E-state index contributed by atoms with van der Waals surface area (Å²) in [7, 11) is 0. The van der Waals surface area contributed by atoms with E-state index in [1.54, 1.807) is 0 Å². The van der Waals surface area contributed by atoms with Crippen molar-refractivity contribution in [2.24, 2.45) is 5.73 Å². The SMILES string of the molecule is CCCCCCCCCCN(CCCCCCCCCC)C(=N)N. The Kier molecular flexibility index (Phi) is 18.0. The summed E-state index contributed by atoms with van der Waals surface area (Å²) in [4.78, 5) is 2.08. The molecular formula is C21H45N3. The van der Waals surface area contributed by atoms with Crippen LogP contribution in [0.25, 0.3) is 0 Å². The molecule has 0 bridgehead atoms. The molecule has 3 nitrogen and oxygen atoms in total. The Morgan fingerprint density at radius 2 is 0.875 bits per heavy atom. The third kappa shape index (κ3) is 16.1. The number of rotatable bonds is 18. The summed E-state index contributed by atoms with van der Waals surface area (Å²) in [5, 5.41) is 7.74. The van der Waals surface area contributed by atoms with Crippen LogP contribution in [0.5, 0.6) is 0 Å². The van der Waals surface area contributed by atoms with Crippen LogP contribution in [0.3, 0.4) is 0 Å². The molecule has 0 rings (SSSR count). The molecule has 0 aromatic heterocycles. The van der Waals surface area contributed by atoms with Crippen LogP contribution in [0.1, 0.15) is 117 Å². The smallest absolute Gasteiger partial charge is 0.188 e. The highest BCUT2D eigenvalue weighted by molar-refractivity contribution is 5.74. The number of unbranched alkanes of at least 4 members (excludes halogenated alkanes) is 14. The summed E-state index contributed by atoms with van der Waals surface area (Å²) in [6.45, 7) is 6.48. The van der Waals surface area contributed by atoms with E-state index < -0.39 is 0 Å². The van der Waals surface area contributed by atoms with E-state index >= 15 is 0 Å². The van der Waals surface area contributed by atoms with Gasteiger partial charge in [0.15, 0.2) is 5.96 Å². The van der Waals surface area contributed by atoms with E-state index in [9.17, 15) is 0 Å². The zero-order valence-electron chi connectivity index (χ0n) is 16.8. The van der Waals surface area contributed by atoms with Crippen molar-refractivity contribution in [2.75, 3.05) is 13.1 Å². The molecule has 0 saturated heterocycles. The maximum atomic E-state index is 7.74. The van der Waals surface area contributed by atoms with E-state index in [0.29, 0.717) is 0 Å². The van der Waals surface area contributed by atoms with Gasteiger partial charge in [-0.25, -0.2) is 0 Å². The minimum Gasteiger partial charge on any atom is -0.370 e. The van der Waals surface area contributed by atoms with Crippen molar-refractivity contribution in [3.8, 4) is 0 Å². The molecule has 0 aromatic carbocycles. The van der Waals surface area contributed by atoms with Crippen molar-refractivity contribution in [2.45, 2.75) is 117 Å². The number of hydrogen-bond acceptors (Lipinski definition) is 1. The van der Waals surface area contributed by atoms with Crippen molar-refractivity contribution < 1.29 is 0 Å². The maximum absolute atomic E-state index is 7.74. The quantitative estimate of drug-likeness (QED) is 0.171. The first-order valence-electron chi connectivity index (χ1n) is 10.8. The van der Waals surface area contributed by atoms with Crippen LogP contribution in [-0.4, -0.2) is 23.9 Å². The molecule has 3 N–H and O–H groups in total. The van der Waals surface area contributed by atoms with Gasteiger partial charge in [-0.3, -0.25) is 5.41 Å². The summed E-state index contributed by atoms with van der Waals surface area (Å²) in [5.41, 5.74) is 5.74. The minimum atomic E-state index is 0.265. The van der Waals surface area contributed by atoms with Crippen LogP contribution in [0.15, 0.2) is 0 Å². The van der Waals surface area contributed by atoms with Gasteiger partial charge >= 0.3 is 0 Å². The topological polar surface area (TPSA) is 53.1 Å². The minimum absolute atomic E-state index is 0.265. The molecule has 0 aromatic rings. The first-order valence-corrected chi connectivity index (χ1v) is 10.8. The predicted octanol–water partition coefficient (Wildman–Crippen LogP) is 6.46. The summed E-state index contributed by atoms with van der Waals surface area (Å²) in [6.07, 6.45) is 21.4. The monoisotopic (exact) mass is 339 g/mol. The highest BCUT2D eigenvalue weighted by Gasteiger charge is 2.05. The number of nitrogens with one attached hydrogen (secondary N) is 1. The lowest BCUT2D eigenvalue weighted by molar-refractivity contribution is 0.378. The average Bonchev–Trinajstić information content (AvgIpc) is 2.57. The van der Waals surface area contributed by atoms with Crippen LogP contribution in [0.4, 0.5) is 0 Å². The molecule has 24 heavy (non-hydrogen) atoms. The van der Waals surface area contributed by atoms with Crippen LogP contribution in [0, 0.1) is 5.41 Å². The Bertz CT molecular complexity index is 246. The Morgan fingerprint density at radius 1 is 0.583 bits per heavy atom. The molecule has 0 atom stereocenters. The number of guanidine groups is 1. The van der Waals surface area contributed by atoms with Crippen LogP contribution in [0.2, 0.25) is 0 Å². The molecule has 0 saturated carbocycles. The zero-order chi connectivity index (χ0) is 17.9. The van der Waals surface area contributed by atoms with Crippen LogP contribution >= 0.6 is 0 Å². The highest BCUT2D eigenvalue weighted by atomic mass is 15.2. The van der Waals surface area contributed by atoms with Crippen molar-refractivity contribution in [1.82, 2.24) is 4.90 Å². The van der Waals surface area contributed by atoms with Gasteiger partial charge in [-0.15, -0.1) is 0 Å². The van der Waals surface area contributed by atoms with Crippen molar-refractivity contribution in [1.29, 1.82) is 5.41 Å². The van der Waals surface area contributed by atoms with Gasteiger partial charge in [0.05, 0.1) is 0 Å². The van der Waals surface area contributed by atoms with Gasteiger partial charge < -0.3 is 10.6 Å². The lowest BCUT2D eigenvalue weighted by atomic mass is 10.1. The summed E-state index contributed by atoms with van der Waals surface area (Å²) < 4.78 is 0. The van der Waals surface area contributed by atoms with Gasteiger partial charge in [-0.05, 0) is 12.8 Å². The van der Waals surface area contributed by atoms with E-state index in [-0.39, 0.29) is 5.96 Å². The molecule has 0 radical (unpaired) electrons. The number of hydrogen-bond donors (Lipinski definition) is 2. The van der Waals surface area contributed by atoms with Gasteiger partial charge in [0, 0.05) is 13.1 Å². The molecule has 0 fully saturated rings. The fourth-order valence-electron chi connectivity index (χ4n) is 3.23. The summed E-state index contributed by atoms with van der Waals surface area (Å²) in [5.74, 6) is 0.265. The molecule has 0 unspecified atom stereocenters. The van der Waals surface area contributed by atoms with Gasteiger partial charge in [0.25, 0.3) is 0 Å². The molecule has 144 valence electrons. The van der Waals surface area contributed by atoms with E-state index in [0.717, 1.165) is 13.1 Å². The van der Waals surface area contributed by atoms with E-state index in [4.69, 9.17) is 11.1 Å². The van der Waals surface area contributed by atoms with Crippen LogP contribution in [-0.2, 0) is 0 Å². The molecule has 0 heterocycles. The van der Waals surface area contributed by atoms with Gasteiger partial charge in [-0.1, -0.05) is 104 Å². The summed E-state index contributed by atoms with van der Waals surface area (Å²) >= 11 is 0. The van der Waals surface area contributed by atoms with Gasteiger partial charge in [0.2, 0.25) is 0 Å². The Balaban J connectivity index is 3.49. The lowest BCUT2D eigenvalue weighted by Crippen LogP contribution is -2.37. The maximum Gasteiger partial charge on any atom is 0.188 e. The first kappa shape index (κ1) is 23.3. The van der Waals surface area contributed by atoms with Gasteiger partial charge in [-0.2, -0.15) is 0 Å². The first-order chi connectivity index (χ1) is 11.7. The molecule has 0 aliphatic rings. The van der Waals surface area contributed by atoms with Gasteiger partial charge in [0.1, 0.15) is 0 Å². The zero-order valence-corrected chi connectivity index (χ0v) is 16.8. The van der Waals surface area contributed by atoms with Crippen LogP contribution < -0.4 is 5.73 Å². The fraction of sp³-hybridized carbons (Fsp3) is 0.952. The standard InChI is InChI=1S/C21H45N3/c1-3-5-7-9-11-13-15-17-19-24(21(22)23)20-18-16-14-12-10-8-6-4-2/h3-20H2,1-2H3,(H3,22,23).